The van der Waals surface area contributed by atoms with E-state index >= 15 is 0 Å². The van der Waals surface area contributed by atoms with Gasteiger partial charge in [0.05, 0.1) is 6.23 Å². The minimum atomic E-state index is -0.743. The van der Waals surface area contributed by atoms with E-state index in [9.17, 15) is 5.21 Å². The Labute approximate surface area is 61.2 Å². The highest BCUT2D eigenvalue weighted by Crippen LogP contribution is 2.26. The second-order valence-corrected chi connectivity index (χ2v) is 3.32. The fourth-order valence-corrected chi connectivity index (χ4v) is 1.30. The van der Waals surface area contributed by atoms with Crippen molar-refractivity contribution >= 4 is 0 Å². The predicted octanol–water partition coefficient (Wildman–Crippen LogP) is 0.780. The molecule has 2 unspecified atom stereocenters. The molecule has 0 spiro atoms. The van der Waals surface area contributed by atoms with E-state index in [1.54, 1.807) is 0 Å². The number of aliphatic hydroxyl groups is 1. The van der Waals surface area contributed by atoms with Gasteiger partial charge in [0, 0.05) is 0 Å². The zero-order chi connectivity index (χ0) is 7.72. The van der Waals surface area contributed by atoms with Crippen molar-refractivity contribution in [2.75, 3.05) is 6.54 Å². The van der Waals surface area contributed by atoms with E-state index in [4.69, 9.17) is 5.11 Å². The van der Waals surface area contributed by atoms with Gasteiger partial charge in [0.1, 0.15) is 0 Å². The number of aliphatic hydroxyl groups excluding tert-OH is 1. The van der Waals surface area contributed by atoms with Crippen molar-refractivity contribution in [1.29, 1.82) is 0 Å². The molecule has 0 radical (unpaired) electrons. The molecule has 0 aromatic carbocycles. The molecule has 1 saturated heterocycles. The van der Waals surface area contributed by atoms with Crippen LogP contribution >= 0.6 is 0 Å². The monoisotopic (exact) mass is 144 g/mol. The van der Waals surface area contributed by atoms with Crippen LogP contribution in [0.1, 0.15) is 20.3 Å². The van der Waals surface area contributed by atoms with Crippen molar-refractivity contribution in [3.8, 4) is 0 Å². The van der Waals surface area contributed by atoms with E-state index in [1.807, 2.05) is 0 Å². The molecule has 10 heavy (non-hydrogen) atoms. The molecule has 0 aromatic heterocycles. The van der Waals surface area contributed by atoms with Crippen LogP contribution in [0, 0.1) is 17.0 Å². The molecular weight excluding hydrogens is 130 g/mol. The van der Waals surface area contributed by atoms with Gasteiger partial charge in [-0.2, -0.15) is 0 Å². The maximum atomic E-state index is 10.8. The molecule has 1 fully saturated rings. The van der Waals surface area contributed by atoms with Gasteiger partial charge in [-0.1, -0.05) is 13.8 Å². The molecule has 1 heterocycles. The van der Waals surface area contributed by atoms with Gasteiger partial charge in [-0.3, -0.25) is 0 Å². The lowest BCUT2D eigenvalue weighted by Gasteiger charge is -2.25. The van der Waals surface area contributed by atoms with Crippen molar-refractivity contribution in [3.05, 3.63) is 5.21 Å². The molecule has 1 N–H and O–H groups in total. The quantitative estimate of drug-likeness (QED) is 0.591. The highest BCUT2D eigenvalue weighted by Gasteiger charge is 2.26. The summed E-state index contributed by atoms with van der Waals surface area (Å²) in [6.07, 6.45) is -0.103. The summed E-state index contributed by atoms with van der Waals surface area (Å²) in [5, 5.41) is 20.6. The van der Waals surface area contributed by atoms with Crippen LogP contribution in [-0.4, -0.2) is 22.9 Å². The Morgan fingerprint density at radius 1 is 1.60 bits per heavy atom. The lowest BCUT2D eigenvalue weighted by molar-refractivity contribution is 0.0715. The van der Waals surface area contributed by atoms with Crippen LogP contribution < -0.4 is 0 Å². The second kappa shape index (κ2) is 2.86. The molecule has 60 valence electrons. The summed E-state index contributed by atoms with van der Waals surface area (Å²) in [5.74, 6) is 0.890. The van der Waals surface area contributed by atoms with Crippen LogP contribution in [0.15, 0.2) is 0 Å². The standard InChI is InChI=1S/C7H14NO2/c1-5(2)6-3-7(9)8(10)4-6/h5-7,9H,3-4H2,1-2H3/q-1. The molecule has 3 nitrogen and oxygen atoms in total. The molecule has 1 aliphatic rings. The first-order valence-corrected chi connectivity index (χ1v) is 3.73. The fraction of sp³-hybridized carbons (Fsp3) is 1.00. The molecule has 0 saturated carbocycles. The van der Waals surface area contributed by atoms with E-state index in [0.717, 1.165) is 5.06 Å². The second-order valence-electron chi connectivity index (χ2n) is 3.32. The van der Waals surface area contributed by atoms with Crippen LogP contribution in [-0.2, 0) is 0 Å². The Kier molecular flexibility index (Phi) is 2.28. The molecular formula is C7H14NO2-. The van der Waals surface area contributed by atoms with Crippen molar-refractivity contribution in [1.82, 2.24) is 5.06 Å². The average molecular weight is 144 g/mol. The first kappa shape index (κ1) is 7.98. The first-order chi connectivity index (χ1) is 4.61. The minimum Gasteiger partial charge on any atom is -0.783 e. The Hall–Kier alpha value is -0.120. The number of hydroxylamine groups is 2. The minimum absolute atomic E-state index is 0.382. The Morgan fingerprint density at radius 3 is 2.40 bits per heavy atom. The van der Waals surface area contributed by atoms with Gasteiger partial charge < -0.3 is 15.4 Å². The molecule has 1 rings (SSSR count). The van der Waals surface area contributed by atoms with Gasteiger partial charge in [-0.05, 0) is 24.8 Å². The van der Waals surface area contributed by atoms with Gasteiger partial charge in [0.2, 0.25) is 0 Å². The first-order valence-electron chi connectivity index (χ1n) is 3.73. The molecule has 0 bridgehead atoms. The van der Waals surface area contributed by atoms with Crippen LogP contribution in [0.2, 0.25) is 0 Å². The van der Waals surface area contributed by atoms with E-state index in [-0.39, 0.29) is 0 Å². The fourth-order valence-electron chi connectivity index (χ4n) is 1.30. The SMILES string of the molecule is CC(C)C1CC(O)N([O-])C1. The van der Waals surface area contributed by atoms with Crippen LogP contribution in [0.5, 0.6) is 0 Å². The van der Waals surface area contributed by atoms with Gasteiger partial charge >= 0.3 is 0 Å². The third-order valence-electron chi connectivity index (χ3n) is 2.20. The molecule has 0 amide bonds. The smallest absolute Gasteiger partial charge is 0.0960 e. The van der Waals surface area contributed by atoms with E-state index < -0.39 is 6.23 Å². The van der Waals surface area contributed by atoms with Gasteiger partial charge in [0.15, 0.2) is 0 Å². The zero-order valence-corrected chi connectivity index (χ0v) is 6.45. The summed E-state index contributed by atoms with van der Waals surface area (Å²) in [5.41, 5.74) is 0. The summed E-state index contributed by atoms with van der Waals surface area (Å²) >= 11 is 0. The topological polar surface area (TPSA) is 46.5 Å². The lowest BCUT2D eigenvalue weighted by Crippen LogP contribution is -2.22. The Bertz CT molecular complexity index is 106. The maximum absolute atomic E-state index is 10.8. The van der Waals surface area contributed by atoms with E-state index in [0.29, 0.717) is 24.8 Å². The predicted molar refractivity (Wildman–Crippen MR) is 39.0 cm³/mol. The summed E-state index contributed by atoms with van der Waals surface area (Å²) in [6, 6.07) is 0. The van der Waals surface area contributed by atoms with Crippen molar-refractivity contribution in [2.45, 2.75) is 26.5 Å². The van der Waals surface area contributed by atoms with Crippen LogP contribution in [0.25, 0.3) is 0 Å². The zero-order valence-electron chi connectivity index (χ0n) is 6.45. The Balaban J connectivity index is 2.41. The molecule has 0 aliphatic carbocycles. The van der Waals surface area contributed by atoms with Gasteiger partial charge in [-0.25, -0.2) is 0 Å². The normalized spacial score (nSPS) is 35.7. The summed E-state index contributed by atoms with van der Waals surface area (Å²) in [4.78, 5) is 0. The third-order valence-corrected chi connectivity index (χ3v) is 2.20. The van der Waals surface area contributed by atoms with Crippen LogP contribution in [0.3, 0.4) is 0 Å². The number of rotatable bonds is 1. The average Bonchev–Trinajstić information content (AvgIpc) is 2.13. The maximum Gasteiger partial charge on any atom is 0.0960 e. The summed E-state index contributed by atoms with van der Waals surface area (Å²) in [7, 11) is 0. The highest BCUT2D eigenvalue weighted by molar-refractivity contribution is 4.80. The number of hydrogen-bond donors (Lipinski definition) is 1. The van der Waals surface area contributed by atoms with Crippen LogP contribution in [0.4, 0.5) is 0 Å². The van der Waals surface area contributed by atoms with Gasteiger partial charge in [0.25, 0.3) is 0 Å². The molecule has 2 atom stereocenters. The third kappa shape index (κ3) is 1.48. The summed E-state index contributed by atoms with van der Waals surface area (Å²) in [6.45, 7) is 4.66. The van der Waals surface area contributed by atoms with Crippen molar-refractivity contribution < 1.29 is 5.11 Å². The number of hydrogen-bond acceptors (Lipinski definition) is 3. The molecule has 3 heteroatoms. The number of nitrogens with zero attached hydrogens (tertiary/aromatic N) is 1. The van der Waals surface area contributed by atoms with E-state index in [1.165, 1.54) is 0 Å². The lowest BCUT2D eigenvalue weighted by atomic mass is 9.95. The Morgan fingerprint density at radius 2 is 2.20 bits per heavy atom. The van der Waals surface area contributed by atoms with Crippen molar-refractivity contribution in [2.24, 2.45) is 11.8 Å². The van der Waals surface area contributed by atoms with Crippen molar-refractivity contribution in [3.63, 3.8) is 0 Å². The highest BCUT2D eigenvalue weighted by atomic mass is 16.5. The molecule has 0 aromatic rings. The summed E-state index contributed by atoms with van der Waals surface area (Å²) < 4.78 is 0. The van der Waals surface area contributed by atoms with E-state index in [2.05, 4.69) is 13.8 Å². The molecule has 1 aliphatic heterocycles. The van der Waals surface area contributed by atoms with Gasteiger partial charge in [-0.15, -0.1) is 0 Å². The largest absolute Gasteiger partial charge is 0.783 e.